The van der Waals surface area contributed by atoms with Gasteiger partial charge in [-0.15, -0.1) is 0 Å². The number of halogens is 3. The van der Waals surface area contributed by atoms with Crippen molar-refractivity contribution in [1.29, 1.82) is 0 Å². The van der Waals surface area contributed by atoms with Crippen molar-refractivity contribution in [2.24, 2.45) is 11.3 Å². The van der Waals surface area contributed by atoms with Crippen molar-refractivity contribution in [2.75, 3.05) is 13.2 Å². The summed E-state index contributed by atoms with van der Waals surface area (Å²) in [5.41, 5.74) is 4.82. The van der Waals surface area contributed by atoms with Crippen molar-refractivity contribution >= 4 is 74.8 Å². The molecule has 3 amide bonds. The third-order valence-electron chi connectivity index (χ3n) is 8.49. The molecular formula is C36H46Cl3N5O5. The molecule has 3 atom stereocenters. The Balaban J connectivity index is 1.68. The Kier molecular flexibility index (Phi) is 13.9. The van der Waals surface area contributed by atoms with Crippen LogP contribution in [0.5, 0.6) is 0 Å². The van der Waals surface area contributed by atoms with Gasteiger partial charge in [0.25, 0.3) is 5.91 Å². The van der Waals surface area contributed by atoms with E-state index in [1.54, 1.807) is 39.8 Å². The van der Waals surface area contributed by atoms with Crippen LogP contribution in [0.4, 0.5) is 0 Å². The number of carbonyl (C=O) groups is 4. The first-order chi connectivity index (χ1) is 22.9. The van der Waals surface area contributed by atoms with Crippen LogP contribution in [0.3, 0.4) is 0 Å². The standard InChI is InChI=1S/C36H46Cl3N5O5/c1-9-24-13-14-26-19-40-29(18-27(26)17-24)25(10-2)16-22(5)35(7,8)34(48)42-30(21(3)4)31(45)41-23(6)32(46)44-15-11-12-28(43-44)33(47)49-20-36(37,38)39/h10,13-14,16-19,21,23,28,30,43H,2,5,9,11-12,15,20H2,1,3-4,6-8H3,(H,41,45)(H,42,48)/b25-16+. The number of allylic oxidation sites excluding steroid dienone is 3. The van der Waals surface area contributed by atoms with Gasteiger partial charge in [-0.3, -0.25) is 29.2 Å². The van der Waals surface area contributed by atoms with Gasteiger partial charge < -0.3 is 15.4 Å². The van der Waals surface area contributed by atoms with Crippen LogP contribution in [0.25, 0.3) is 16.3 Å². The molecule has 13 heteroatoms. The number of aromatic nitrogens is 1. The molecule has 1 saturated heterocycles. The number of amides is 3. The summed E-state index contributed by atoms with van der Waals surface area (Å²) in [4.78, 5) is 57.4. The second kappa shape index (κ2) is 17.0. The molecular weight excluding hydrogens is 689 g/mol. The van der Waals surface area contributed by atoms with Crippen LogP contribution >= 0.6 is 34.8 Å². The first-order valence-corrected chi connectivity index (χ1v) is 17.4. The number of nitrogens with zero attached hydrogens (tertiary/aromatic N) is 2. The highest BCUT2D eigenvalue weighted by Crippen LogP contribution is 2.31. The van der Waals surface area contributed by atoms with Gasteiger partial charge >= 0.3 is 5.97 Å². The maximum absolute atomic E-state index is 13.7. The van der Waals surface area contributed by atoms with Crippen LogP contribution < -0.4 is 16.1 Å². The molecule has 3 N–H and O–H groups in total. The summed E-state index contributed by atoms with van der Waals surface area (Å²) in [5, 5.41) is 8.91. The molecule has 3 unspecified atom stereocenters. The predicted octanol–water partition coefficient (Wildman–Crippen LogP) is 6.00. The number of rotatable bonds is 13. The highest BCUT2D eigenvalue weighted by atomic mass is 35.6. The topological polar surface area (TPSA) is 130 Å². The number of carbonyl (C=O) groups excluding carboxylic acids is 4. The van der Waals surface area contributed by atoms with E-state index in [9.17, 15) is 19.2 Å². The van der Waals surface area contributed by atoms with Gasteiger partial charge in [0.15, 0.2) is 0 Å². The average molecular weight is 735 g/mol. The average Bonchev–Trinajstić information content (AvgIpc) is 3.06. The van der Waals surface area contributed by atoms with Gasteiger partial charge in [-0.25, -0.2) is 5.43 Å². The fourth-order valence-electron chi connectivity index (χ4n) is 5.14. The fraction of sp³-hybridized carbons (Fsp3) is 0.472. The van der Waals surface area contributed by atoms with Gasteiger partial charge in [0, 0.05) is 18.1 Å². The second-order valence-electron chi connectivity index (χ2n) is 13.0. The molecule has 0 aliphatic carbocycles. The molecule has 0 bridgehead atoms. The molecule has 2 aromatic rings. The van der Waals surface area contributed by atoms with E-state index in [0.29, 0.717) is 36.2 Å². The molecule has 10 nitrogen and oxygen atoms in total. The lowest BCUT2D eigenvalue weighted by atomic mass is 9.82. The second-order valence-corrected chi connectivity index (χ2v) is 15.5. The molecule has 1 aromatic carbocycles. The largest absolute Gasteiger partial charge is 0.460 e. The molecule has 1 aliphatic heterocycles. The van der Waals surface area contributed by atoms with E-state index < -0.39 is 57.6 Å². The molecule has 1 fully saturated rings. The Labute approximate surface area is 303 Å². The van der Waals surface area contributed by atoms with Crippen LogP contribution in [-0.2, 0) is 30.3 Å². The van der Waals surface area contributed by atoms with Gasteiger partial charge in [-0.1, -0.05) is 93.0 Å². The molecule has 1 aliphatic rings. The summed E-state index contributed by atoms with van der Waals surface area (Å²) in [5.74, 6) is -2.39. The lowest BCUT2D eigenvalue weighted by Crippen LogP contribution is -2.61. The van der Waals surface area contributed by atoms with E-state index in [-0.39, 0.29) is 5.92 Å². The molecule has 3 rings (SSSR count). The summed E-state index contributed by atoms with van der Waals surface area (Å²) >= 11 is 17.0. The minimum absolute atomic E-state index is 0.308. The molecule has 1 aromatic heterocycles. The first kappa shape index (κ1) is 40.0. The van der Waals surface area contributed by atoms with E-state index in [0.717, 1.165) is 17.2 Å². The normalized spacial score (nSPS) is 16.9. The lowest BCUT2D eigenvalue weighted by molar-refractivity contribution is -0.152. The molecule has 0 saturated carbocycles. The Morgan fingerprint density at radius 3 is 2.43 bits per heavy atom. The van der Waals surface area contributed by atoms with E-state index in [1.807, 2.05) is 18.3 Å². The van der Waals surface area contributed by atoms with E-state index in [1.165, 1.54) is 17.5 Å². The minimum Gasteiger partial charge on any atom is -0.460 e. The number of nitrogens with one attached hydrogen (secondary N) is 3. The first-order valence-electron chi connectivity index (χ1n) is 16.2. The molecule has 2 heterocycles. The Hall–Kier alpha value is -3.44. The molecule has 49 heavy (non-hydrogen) atoms. The highest BCUT2D eigenvalue weighted by molar-refractivity contribution is 6.67. The number of ether oxygens (including phenoxy) is 1. The van der Waals surface area contributed by atoms with Crippen LogP contribution in [0.15, 0.2) is 61.3 Å². The number of pyridine rings is 1. The van der Waals surface area contributed by atoms with Gasteiger partial charge in [0.1, 0.15) is 24.7 Å². The smallest absolute Gasteiger partial charge is 0.325 e. The monoisotopic (exact) mass is 733 g/mol. The Bertz CT molecular complexity index is 1620. The van der Waals surface area contributed by atoms with Crippen molar-refractivity contribution in [2.45, 2.75) is 82.7 Å². The summed E-state index contributed by atoms with van der Waals surface area (Å²) in [6, 6.07) is 5.49. The van der Waals surface area contributed by atoms with Crippen molar-refractivity contribution in [3.63, 3.8) is 0 Å². The predicted molar refractivity (Wildman–Crippen MR) is 196 cm³/mol. The third kappa shape index (κ3) is 10.8. The summed E-state index contributed by atoms with van der Waals surface area (Å²) < 4.78 is 3.29. The number of aryl methyl sites for hydroxylation is 1. The maximum Gasteiger partial charge on any atom is 0.325 e. The Morgan fingerprint density at radius 1 is 1.12 bits per heavy atom. The van der Waals surface area contributed by atoms with Crippen LogP contribution in [0.2, 0.25) is 0 Å². The van der Waals surface area contributed by atoms with Crippen molar-refractivity contribution in [3.8, 4) is 0 Å². The SMILES string of the molecule is C=C/C(=C\C(=C)C(C)(C)C(=O)NC(C(=O)NC(C)C(=O)N1CCCC(C(=O)OCC(Cl)(Cl)Cl)N1)C(C)C)c1cc2cc(CC)ccc2cn1. The van der Waals surface area contributed by atoms with E-state index >= 15 is 0 Å². The molecule has 0 radical (unpaired) electrons. The van der Waals surface area contributed by atoms with Crippen molar-refractivity contribution in [3.05, 3.63) is 72.6 Å². The van der Waals surface area contributed by atoms with Gasteiger partial charge in [0.05, 0.1) is 11.1 Å². The number of hydrogen-bond acceptors (Lipinski definition) is 7. The molecule has 266 valence electrons. The minimum atomic E-state index is -1.76. The summed E-state index contributed by atoms with van der Waals surface area (Å²) in [7, 11) is 0. The maximum atomic E-state index is 13.7. The number of alkyl halides is 3. The van der Waals surface area contributed by atoms with Gasteiger partial charge in [0.2, 0.25) is 15.6 Å². The van der Waals surface area contributed by atoms with Crippen LogP contribution in [-0.4, -0.2) is 68.8 Å². The third-order valence-corrected chi connectivity index (χ3v) is 8.82. The zero-order valence-electron chi connectivity index (χ0n) is 28.9. The van der Waals surface area contributed by atoms with Crippen molar-refractivity contribution in [1.82, 2.24) is 26.1 Å². The summed E-state index contributed by atoms with van der Waals surface area (Å²) in [6.07, 6.45) is 7.09. The van der Waals surface area contributed by atoms with E-state index in [2.05, 4.69) is 53.3 Å². The van der Waals surface area contributed by atoms with Crippen LogP contribution in [0, 0.1) is 11.3 Å². The zero-order valence-corrected chi connectivity index (χ0v) is 31.1. The summed E-state index contributed by atoms with van der Waals surface area (Å²) in [6.45, 7) is 18.7. The van der Waals surface area contributed by atoms with Gasteiger partial charge in [-0.2, -0.15) is 0 Å². The van der Waals surface area contributed by atoms with Gasteiger partial charge in [-0.05, 0) is 80.2 Å². The number of benzene rings is 1. The number of hydrazine groups is 1. The fourth-order valence-corrected chi connectivity index (χ4v) is 5.31. The van der Waals surface area contributed by atoms with Crippen LogP contribution in [0.1, 0.15) is 65.6 Å². The number of fused-ring (bicyclic) bond motifs is 1. The molecule has 0 spiro atoms. The highest BCUT2D eigenvalue weighted by Gasteiger charge is 2.37. The number of hydrogen-bond donors (Lipinski definition) is 3. The quantitative estimate of drug-likeness (QED) is 0.131. The Morgan fingerprint density at radius 2 is 1.82 bits per heavy atom. The van der Waals surface area contributed by atoms with Crippen molar-refractivity contribution < 1.29 is 23.9 Å². The zero-order chi connectivity index (χ0) is 36.7. The number of esters is 1. The lowest BCUT2D eigenvalue weighted by Gasteiger charge is -2.35. The van der Waals surface area contributed by atoms with E-state index in [4.69, 9.17) is 39.5 Å².